The van der Waals surface area contributed by atoms with Crippen molar-refractivity contribution in [1.29, 1.82) is 10.5 Å². The maximum Gasteiger partial charge on any atom is 0.396 e. The minimum Gasteiger partial charge on any atom is -0.462 e. The molecule has 2 amide bonds. The van der Waals surface area contributed by atoms with Gasteiger partial charge in [-0.15, -0.1) is 22.7 Å². The third kappa shape index (κ3) is 5.46. The number of nitrogens with zero attached hydrogens (tertiary/aromatic N) is 2. The Labute approximate surface area is 220 Å². The fourth-order valence-corrected chi connectivity index (χ4v) is 5.00. The number of hydrogen-bond donors (Lipinski definition) is 2. The highest BCUT2D eigenvalue weighted by molar-refractivity contribution is 7.19. The van der Waals surface area contributed by atoms with E-state index >= 15 is 0 Å². The largest absolute Gasteiger partial charge is 0.462 e. The van der Waals surface area contributed by atoms with Crippen LogP contribution in [0, 0.1) is 36.5 Å². The Kier molecular flexibility index (Phi) is 9.20. The topological polar surface area (TPSA) is 158 Å². The molecule has 2 aromatic rings. The fourth-order valence-electron chi connectivity index (χ4n) is 2.90. The second kappa shape index (κ2) is 11.6. The first-order valence-electron chi connectivity index (χ1n) is 10.5. The number of rotatable bonds is 9. The number of carbonyl (C=O) groups is 4. The number of amides is 2. The third-order valence-electron chi connectivity index (χ3n) is 4.86. The van der Waals surface area contributed by atoms with Crippen molar-refractivity contribution in [3.05, 3.63) is 32.0 Å². The van der Waals surface area contributed by atoms with Gasteiger partial charge in [-0.3, -0.25) is 9.59 Å². The lowest BCUT2D eigenvalue weighted by molar-refractivity contribution is -0.204. The van der Waals surface area contributed by atoms with Crippen molar-refractivity contribution in [2.45, 2.75) is 39.5 Å². The van der Waals surface area contributed by atoms with Crippen LogP contribution in [0.25, 0.3) is 0 Å². The first-order chi connectivity index (χ1) is 17.7. The van der Waals surface area contributed by atoms with Crippen molar-refractivity contribution in [2.75, 3.05) is 23.8 Å². The Morgan fingerprint density at radius 1 is 0.763 bits per heavy atom. The molecule has 10 nitrogen and oxygen atoms in total. The molecule has 2 heterocycles. The summed E-state index contributed by atoms with van der Waals surface area (Å²) in [5.74, 6) is -18.4. The summed E-state index contributed by atoms with van der Waals surface area (Å²) in [5.41, 5.74) is -0.939. The van der Waals surface area contributed by atoms with Crippen molar-refractivity contribution in [2.24, 2.45) is 0 Å². The lowest BCUT2D eigenvalue weighted by Crippen LogP contribution is -2.56. The standard InChI is InChI=1S/C22H18F4N4O6S2/c1-5-35-17(31)13-9(3)11(7-27)15(37-13)29-19(33)21(23,24)22(25,26)20(34)30-16-12(8-28)10(4)14(38-16)18(32)36-6-2/h5-6H2,1-4H3,(H,29,33)(H,30,34). The van der Waals surface area contributed by atoms with E-state index in [0.29, 0.717) is 22.7 Å². The van der Waals surface area contributed by atoms with Crippen LogP contribution < -0.4 is 10.6 Å². The molecular weight excluding hydrogens is 556 g/mol. The van der Waals surface area contributed by atoms with Crippen LogP contribution in [0.1, 0.15) is 55.4 Å². The molecule has 0 fully saturated rings. The molecular formula is C22H18F4N4O6S2. The van der Waals surface area contributed by atoms with Gasteiger partial charge in [0.05, 0.1) is 24.3 Å². The number of nitriles is 2. The van der Waals surface area contributed by atoms with E-state index in [9.17, 15) is 47.3 Å². The van der Waals surface area contributed by atoms with Crippen LogP contribution in [0.4, 0.5) is 27.6 Å². The number of hydrogen-bond acceptors (Lipinski definition) is 10. The molecule has 202 valence electrons. The van der Waals surface area contributed by atoms with Gasteiger partial charge < -0.3 is 20.1 Å². The summed E-state index contributed by atoms with van der Waals surface area (Å²) >= 11 is 0.710. The number of anilines is 2. The molecule has 0 aliphatic carbocycles. The smallest absolute Gasteiger partial charge is 0.396 e. The van der Waals surface area contributed by atoms with Crippen LogP contribution in [0.5, 0.6) is 0 Å². The molecule has 0 atom stereocenters. The second-order valence-electron chi connectivity index (χ2n) is 7.24. The number of nitrogens with one attached hydrogen (secondary N) is 2. The fraction of sp³-hybridized carbons (Fsp3) is 0.364. The van der Waals surface area contributed by atoms with Gasteiger partial charge in [0.1, 0.15) is 31.9 Å². The summed E-state index contributed by atoms with van der Waals surface area (Å²) in [7, 11) is 0. The summed E-state index contributed by atoms with van der Waals surface area (Å²) in [4.78, 5) is 48.0. The van der Waals surface area contributed by atoms with Crippen molar-refractivity contribution >= 4 is 56.4 Å². The summed E-state index contributed by atoms with van der Waals surface area (Å²) < 4.78 is 68.0. The quantitative estimate of drug-likeness (QED) is 0.330. The Hall–Kier alpha value is -4.02. The molecule has 0 unspecified atom stereocenters. The highest BCUT2D eigenvalue weighted by Gasteiger charge is 2.67. The zero-order chi connectivity index (χ0) is 29.0. The minimum absolute atomic E-state index is 0.0337. The minimum atomic E-state index is -5.66. The first kappa shape index (κ1) is 30.2. The van der Waals surface area contributed by atoms with E-state index in [4.69, 9.17) is 9.47 Å². The number of carbonyl (C=O) groups excluding carboxylic acids is 4. The van der Waals surface area contributed by atoms with Gasteiger partial charge in [0.25, 0.3) is 0 Å². The number of ether oxygens (including phenoxy) is 2. The molecule has 0 bridgehead atoms. The van der Waals surface area contributed by atoms with Crippen molar-refractivity contribution in [1.82, 2.24) is 0 Å². The maximum absolute atomic E-state index is 14.6. The van der Waals surface area contributed by atoms with Crippen molar-refractivity contribution < 1.29 is 46.2 Å². The van der Waals surface area contributed by atoms with E-state index in [2.05, 4.69) is 0 Å². The van der Waals surface area contributed by atoms with Gasteiger partial charge in [0, 0.05) is 0 Å². The SMILES string of the molecule is CCOC(=O)c1sc(NC(=O)C(F)(F)C(F)(F)C(=O)Nc2sc(C(=O)OCC)c(C)c2C#N)c(C#N)c1C. The molecule has 0 spiro atoms. The Morgan fingerprint density at radius 3 is 1.34 bits per heavy atom. The number of halogens is 4. The highest BCUT2D eigenvalue weighted by atomic mass is 32.1. The van der Waals surface area contributed by atoms with Gasteiger partial charge in [-0.2, -0.15) is 28.1 Å². The van der Waals surface area contributed by atoms with E-state index < -0.39 is 56.7 Å². The Morgan fingerprint density at radius 2 is 1.08 bits per heavy atom. The van der Waals surface area contributed by atoms with Gasteiger partial charge in [-0.05, 0) is 38.8 Å². The lowest BCUT2D eigenvalue weighted by Gasteiger charge is -2.24. The molecule has 2 aromatic heterocycles. The Balaban J connectivity index is 2.36. The van der Waals surface area contributed by atoms with E-state index in [1.807, 2.05) is 0 Å². The number of alkyl halides is 4. The second-order valence-corrected chi connectivity index (χ2v) is 9.28. The zero-order valence-corrected chi connectivity index (χ0v) is 21.7. The monoisotopic (exact) mass is 574 g/mol. The van der Waals surface area contributed by atoms with Crippen LogP contribution in [0.2, 0.25) is 0 Å². The molecule has 16 heteroatoms. The Bertz CT molecular complexity index is 1280. The van der Waals surface area contributed by atoms with Crippen molar-refractivity contribution in [3.63, 3.8) is 0 Å². The summed E-state index contributed by atoms with van der Waals surface area (Å²) in [6.07, 6.45) is 0. The van der Waals surface area contributed by atoms with E-state index in [-0.39, 0.29) is 34.1 Å². The average molecular weight is 575 g/mol. The summed E-state index contributed by atoms with van der Waals surface area (Å²) in [6.45, 7) is 5.37. The van der Waals surface area contributed by atoms with Crippen LogP contribution in [0.15, 0.2) is 0 Å². The van der Waals surface area contributed by atoms with Crippen molar-refractivity contribution in [3.8, 4) is 12.1 Å². The van der Waals surface area contributed by atoms with Crippen LogP contribution >= 0.6 is 22.7 Å². The lowest BCUT2D eigenvalue weighted by atomic mass is 10.1. The summed E-state index contributed by atoms with van der Waals surface area (Å²) in [6, 6.07) is 3.16. The predicted molar refractivity (Wildman–Crippen MR) is 127 cm³/mol. The number of esters is 2. The van der Waals surface area contributed by atoms with Crippen LogP contribution in [0.3, 0.4) is 0 Å². The van der Waals surface area contributed by atoms with Crippen LogP contribution in [-0.2, 0) is 19.1 Å². The van der Waals surface area contributed by atoms with E-state index in [0.717, 1.165) is 0 Å². The van der Waals surface area contributed by atoms with Crippen LogP contribution in [-0.4, -0.2) is 48.8 Å². The molecule has 0 aliphatic rings. The van der Waals surface area contributed by atoms with E-state index in [1.165, 1.54) is 38.3 Å². The molecule has 0 saturated heterocycles. The van der Waals surface area contributed by atoms with E-state index in [1.54, 1.807) is 12.1 Å². The highest BCUT2D eigenvalue weighted by Crippen LogP contribution is 2.40. The van der Waals surface area contributed by atoms with Gasteiger partial charge in [-0.25, -0.2) is 9.59 Å². The predicted octanol–water partition coefficient (Wildman–Crippen LogP) is 4.37. The van der Waals surface area contributed by atoms with Gasteiger partial charge >= 0.3 is 35.6 Å². The third-order valence-corrected chi connectivity index (χ3v) is 7.23. The molecule has 2 N–H and O–H groups in total. The zero-order valence-electron chi connectivity index (χ0n) is 20.1. The average Bonchev–Trinajstić information content (AvgIpc) is 3.34. The first-order valence-corrected chi connectivity index (χ1v) is 12.1. The molecule has 0 aromatic carbocycles. The summed E-state index contributed by atoms with van der Waals surface area (Å²) in [5, 5.41) is 20.3. The number of thiophene rings is 2. The normalized spacial score (nSPS) is 11.2. The maximum atomic E-state index is 14.6. The molecule has 0 saturated carbocycles. The molecule has 38 heavy (non-hydrogen) atoms. The molecule has 0 radical (unpaired) electrons. The van der Waals surface area contributed by atoms with Gasteiger partial charge in [0.15, 0.2) is 0 Å². The molecule has 2 rings (SSSR count). The molecule has 0 aliphatic heterocycles. The van der Waals surface area contributed by atoms with Gasteiger partial charge in [0.2, 0.25) is 0 Å². The van der Waals surface area contributed by atoms with Gasteiger partial charge in [-0.1, -0.05) is 0 Å².